The Morgan fingerprint density at radius 2 is 2.19 bits per heavy atom. The first-order chi connectivity index (χ1) is 12.5. The van der Waals surface area contributed by atoms with Crippen molar-refractivity contribution in [1.29, 1.82) is 0 Å². The van der Waals surface area contributed by atoms with Gasteiger partial charge in [-0.2, -0.15) is 0 Å². The van der Waals surface area contributed by atoms with Crippen LogP contribution in [0.2, 0.25) is 0 Å². The van der Waals surface area contributed by atoms with Crippen LogP contribution >= 0.6 is 23.1 Å². The van der Waals surface area contributed by atoms with Crippen molar-refractivity contribution >= 4 is 29.0 Å². The minimum Gasteiger partial charge on any atom is -0.374 e. The highest BCUT2D eigenvalue weighted by molar-refractivity contribution is 7.98. The molecule has 1 aromatic heterocycles. The van der Waals surface area contributed by atoms with Crippen LogP contribution in [0.15, 0.2) is 46.7 Å². The largest absolute Gasteiger partial charge is 0.374 e. The van der Waals surface area contributed by atoms with Crippen LogP contribution < -0.4 is 5.32 Å². The molecule has 2 heterocycles. The van der Waals surface area contributed by atoms with Gasteiger partial charge in [-0.05, 0) is 44.5 Å². The second-order valence-electron chi connectivity index (χ2n) is 6.57. The molecule has 0 bridgehead atoms. The average Bonchev–Trinajstić information content (AvgIpc) is 3.27. The third-order valence-electron chi connectivity index (χ3n) is 4.39. The molecule has 0 saturated carbocycles. The van der Waals surface area contributed by atoms with E-state index in [0.29, 0.717) is 18.0 Å². The van der Waals surface area contributed by atoms with Crippen LogP contribution in [0.5, 0.6) is 0 Å². The van der Waals surface area contributed by atoms with Crippen molar-refractivity contribution < 1.29 is 9.53 Å². The molecule has 26 heavy (non-hydrogen) atoms. The van der Waals surface area contributed by atoms with Gasteiger partial charge in [0, 0.05) is 40.7 Å². The minimum atomic E-state index is -0.0379. The van der Waals surface area contributed by atoms with Gasteiger partial charge in [0.15, 0.2) is 0 Å². The Morgan fingerprint density at radius 1 is 1.42 bits per heavy atom. The topological polar surface area (TPSA) is 51.2 Å². The maximum atomic E-state index is 12.4. The molecule has 6 heteroatoms. The summed E-state index contributed by atoms with van der Waals surface area (Å²) in [6.07, 6.45) is 1.02. The normalized spacial score (nSPS) is 19.5. The van der Waals surface area contributed by atoms with Crippen LogP contribution in [0.25, 0.3) is 0 Å². The molecule has 1 aliphatic rings. The van der Waals surface area contributed by atoms with Gasteiger partial charge in [-0.15, -0.1) is 23.1 Å². The third kappa shape index (κ3) is 4.96. The second-order valence-corrected chi connectivity index (χ2v) is 8.68. The summed E-state index contributed by atoms with van der Waals surface area (Å²) in [6, 6.07) is 7.75. The number of benzene rings is 1. The number of nitrogens with zero attached hydrogens (tertiary/aromatic N) is 1. The van der Waals surface area contributed by atoms with Crippen LogP contribution in [-0.4, -0.2) is 30.1 Å². The number of thiazole rings is 1. The van der Waals surface area contributed by atoms with Crippen LogP contribution in [0.1, 0.15) is 34.4 Å². The maximum Gasteiger partial charge on any atom is 0.251 e. The number of carbonyl (C=O) groups is 1. The second kappa shape index (κ2) is 8.84. The molecule has 3 rings (SSSR count). The zero-order chi connectivity index (χ0) is 18.5. The summed E-state index contributed by atoms with van der Waals surface area (Å²) in [6.45, 7) is 9.34. The Hall–Kier alpha value is -1.63. The molecule has 0 radical (unpaired) electrons. The quantitative estimate of drug-likeness (QED) is 0.562. The van der Waals surface area contributed by atoms with Crippen LogP contribution in [0, 0.1) is 12.8 Å². The van der Waals surface area contributed by atoms with E-state index in [-0.39, 0.29) is 12.0 Å². The van der Waals surface area contributed by atoms with Crippen molar-refractivity contribution in [2.45, 2.75) is 37.0 Å². The van der Waals surface area contributed by atoms with Crippen molar-refractivity contribution in [3.63, 3.8) is 0 Å². The number of hydrogen-bond donors (Lipinski definition) is 1. The van der Waals surface area contributed by atoms with Gasteiger partial charge in [-0.1, -0.05) is 12.2 Å². The van der Waals surface area contributed by atoms with E-state index < -0.39 is 0 Å². The SMILES string of the molecule is C=C(C)[C@H]1OCC[C@H]1CNC(=O)c1ccc(SCc2csc(C)n2)cc1. The summed E-state index contributed by atoms with van der Waals surface area (Å²) in [5.41, 5.74) is 2.81. The van der Waals surface area contributed by atoms with E-state index in [9.17, 15) is 4.79 Å². The number of nitrogens with one attached hydrogen (secondary N) is 1. The standard InChI is InChI=1S/C20H24N2O2S2/c1-13(2)19-16(8-9-24-19)10-21-20(23)15-4-6-18(7-5-15)26-12-17-11-25-14(3)22-17/h4-7,11,16,19H,1,8-10,12H2,2-3H3,(H,21,23)/t16-,19+/m0/s1. The summed E-state index contributed by atoms with van der Waals surface area (Å²) in [5.74, 6) is 1.12. The van der Waals surface area contributed by atoms with E-state index >= 15 is 0 Å². The highest BCUT2D eigenvalue weighted by Crippen LogP contribution is 2.26. The summed E-state index contributed by atoms with van der Waals surface area (Å²) in [4.78, 5) is 18.0. The molecule has 1 N–H and O–H groups in total. The summed E-state index contributed by atoms with van der Waals surface area (Å²) in [5, 5.41) is 6.21. The number of hydrogen-bond acceptors (Lipinski definition) is 5. The predicted molar refractivity (Wildman–Crippen MR) is 108 cm³/mol. The molecule has 0 unspecified atom stereocenters. The molecule has 4 nitrogen and oxygen atoms in total. The first kappa shape index (κ1) is 19.1. The van der Waals surface area contributed by atoms with Gasteiger partial charge in [0.05, 0.1) is 16.8 Å². The molecule has 2 atom stereocenters. The van der Waals surface area contributed by atoms with Gasteiger partial charge >= 0.3 is 0 Å². The summed E-state index contributed by atoms with van der Waals surface area (Å²) >= 11 is 3.40. The first-order valence-corrected chi connectivity index (χ1v) is 10.6. The number of thioether (sulfide) groups is 1. The molecule has 0 spiro atoms. The van der Waals surface area contributed by atoms with E-state index in [1.54, 1.807) is 23.1 Å². The number of rotatable bonds is 7. The Bertz CT molecular complexity index is 770. The van der Waals surface area contributed by atoms with E-state index in [2.05, 4.69) is 22.3 Å². The van der Waals surface area contributed by atoms with Crippen molar-refractivity contribution in [1.82, 2.24) is 10.3 Å². The van der Waals surface area contributed by atoms with Gasteiger partial charge in [0.25, 0.3) is 5.91 Å². The van der Waals surface area contributed by atoms with Crippen LogP contribution in [0.4, 0.5) is 0 Å². The Balaban J connectivity index is 1.49. The van der Waals surface area contributed by atoms with E-state index in [4.69, 9.17) is 4.74 Å². The molecule has 138 valence electrons. The van der Waals surface area contributed by atoms with Crippen molar-refractivity contribution in [3.8, 4) is 0 Å². The van der Waals surface area contributed by atoms with E-state index in [0.717, 1.165) is 40.0 Å². The van der Waals surface area contributed by atoms with Crippen molar-refractivity contribution in [3.05, 3.63) is 58.1 Å². The molecule has 1 amide bonds. The monoisotopic (exact) mass is 388 g/mol. The summed E-state index contributed by atoms with van der Waals surface area (Å²) < 4.78 is 5.69. The van der Waals surface area contributed by atoms with Crippen molar-refractivity contribution in [2.75, 3.05) is 13.2 Å². The fourth-order valence-electron chi connectivity index (χ4n) is 3.05. The number of aryl methyl sites for hydroxylation is 1. The average molecular weight is 389 g/mol. The van der Waals surface area contributed by atoms with Gasteiger partial charge in [-0.25, -0.2) is 4.98 Å². The lowest BCUT2D eigenvalue weighted by atomic mass is 9.97. The highest BCUT2D eigenvalue weighted by atomic mass is 32.2. The molecule has 1 aliphatic heterocycles. The molecule has 1 aromatic carbocycles. The Kier molecular flexibility index (Phi) is 6.51. The number of carbonyl (C=O) groups excluding carboxylic acids is 1. The van der Waals surface area contributed by atoms with Crippen LogP contribution in [0.3, 0.4) is 0 Å². The van der Waals surface area contributed by atoms with E-state index in [1.165, 1.54) is 0 Å². The number of ether oxygens (including phenoxy) is 1. The molecule has 1 fully saturated rings. The third-order valence-corrected chi connectivity index (χ3v) is 6.26. The zero-order valence-corrected chi connectivity index (χ0v) is 16.8. The lowest BCUT2D eigenvalue weighted by Crippen LogP contribution is -2.33. The van der Waals surface area contributed by atoms with Gasteiger partial charge in [0.2, 0.25) is 0 Å². The minimum absolute atomic E-state index is 0.0379. The fraction of sp³-hybridized carbons (Fsp3) is 0.400. The molecule has 2 aromatic rings. The summed E-state index contributed by atoms with van der Waals surface area (Å²) in [7, 11) is 0. The first-order valence-electron chi connectivity index (χ1n) is 8.72. The van der Waals surface area contributed by atoms with E-state index in [1.807, 2.05) is 38.1 Å². The van der Waals surface area contributed by atoms with Crippen molar-refractivity contribution in [2.24, 2.45) is 5.92 Å². The smallest absolute Gasteiger partial charge is 0.251 e. The number of aromatic nitrogens is 1. The molecular weight excluding hydrogens is 364 g/mol. The Morgan fingerprint density at radius 3 is 2.85 bits per heavy atom. The van der Waals surface area contributed by atoms with Crippen LogP contribution in [-0.2, 0) is 10.5 Å². The zero-order valence-electron chi connectivity index (χ0n) is 15.2. The fourth-order valence-corrected chi connectivity index (χ4v) is 4.56. The predicted octanol–water partition coefficient (Wildman–Crippen LogP) is 4.45. The lowest BCUT2D eigenvalue weighted by Gasteiger charge is -2.19. The molecule has 1 saturated heterocycles. The lowest BCUT2D eigenvalue weighted by molar-refractivity contribution is 0.0925. The number of amides is 1. The Labute approximate surface area is 163 Å². The van der Waals surface area contributed by atoms with Gasteiger partial charge in [0.1, 0.15) is 0 Å². The molecule has 0 aliphatic carbocycles. The maximum absolute atomic E-state index is 12.4. The highest BCUT2D eigenvalue weighted by Gasteiger charge is 2.28. The molecular formula is C20H24N2O2S2. The van der Waals surface area contributed by atoms with Gasteiger partial charge < -0.3 is 10.1 Å². The van der Waals surface area contributed by atoms with Gasteiger partial charge in [-0.3, -0.25) is 4.79 Å².